The van der Waals surface area contributed by atoms with Crippen LogP contribution in [0.3, 0.4) is 0 Å². The Labute approximate surface area is 190 Å². The summed E-state index contributed by atoms with van der Waals surface area (Å²) < 4.78 is 30.4. The molecule has 3 rings (SSSR count). The lowest BCUT2D eigenvalue weighted by Crippen LogP contribution is -2.37. The second-order valence-electron chi connectivity index (χ2n) is 7.90. The number of hydrogen-bond donors (Lipinski definition) is 1. The zero-order valence-electron chi connectivity index (χ0n) is 17.7. The topological polar surface area (TPSA) is 130 Å². The minimum atomic E-state index is -3.74. The number of amides is 3. The number of esters is 1. The van der Waals surface area contributed by atoms with Crippen LogP contribution in [-0.2, 0) is 33.9 Å². The number of nitrogens with one attached hydrogen (secondary N) is 1. The number of anilines is 1. The quantitative estimate of drug-likeness (QED) is 0.454. The normalized spacial score (nSPS) is 20.9. The summed E-state index contributed by atoms with van der Waals surface area (Å²) in [7, 11) is -1.01. The highest BCUT2D eigenvalue weighted by Crippen LogP contribution is 2.37. The van der Waals surface area contributed by atoms with Gasteiger partial charge in [-0.3, -0.25) is 24.1 Å². The fourth-order valence-electron chi connectivity index (χ4n) is 3.87. The first kappa shape index (κ1) is 24.1. The SMILES string of the molecule is CN(C)S(=O)(=O)c1ccc(Cl)c(NC(=O)COC(=O)CN2C(=O)[C@@H]3CCCC[C@H]3C2=O)c1. The van der Waals surface area contributed by atoms with Crippen molar-refractivity contribution in [2.45, 2.75) is 30.6 Å². The van der Waals surface area contributed by atoms with E-state index in [0.29, 0.717) is 12.8 Å². The standard InChI is InChI=1S/C20H24ClN3O7S/c1-23(2)32(29,30)12-7-8-15(21)16(9-12)22-17(25)11-31-18(26)10-24-19(27)13-5-3-4-6-14(13)20(24)28/h7-9,13-14H,3-6,10-11H2,1-2H3,(H,22,25)/t13-,14-/m1/s1. The molecular formula is C20H24ClN3O7S. The fraction of sp³-hybridized carbons (Fsp3) is 0.500. The minimum Gasteiger partial charge on any atom is -0.454 e. The van der Waals surface area contributed by atoms with E-state index >= 15 is 0 Å². The van der Waals surface area contributed by atoms with Crippen molar-refractivity contribution in [3.63, 3.8) is 0 Å². The molecule has 174 valence electrons. The van der Waals surface area contributed by atoms with Crippen molar-refractivity contribution in [3.05, 3.63) is 23.2 Å². The highest BCUT2D eigenvalue weighted by atomic mass is 35.5. The Morgan fingerprint density at radius 1 is 1.16 bits per heavy atom. The van der Waals surface area contributed by atoms with Crippen LogP contribution in [0.25, 0.3) is 0 Å². The van der Waals surface area contributed by atoms with Crippen molar-refractivity contribution >= 4 is 51.0 Å². The minimum absolute atomic E-state index is 0.0321. The second-order valence-corrected chi connectivity index (χ2v) is 10.5. The van der Waals surface area contributed by atoms with Gasteiger partial charge in [-0.2, -0.15) is 0 Å². The van der Waals surface area contributed by atoms with Gasteiger partial charge in [0.2, 0.25) is 21.8 Å². The van der Waals surface area contributed by atoms with Gasteiger partial charge in [0.05, 0.1) is 27.4 Å². The Morgan fingerprint density at radius 3 is 2.31 bits per heavy atom. The zero-order valence-corrected chi connectivity index (χ0v) is 19.2. The third-order valence-electron chi connectivity index (χ3n) is 5.57. The predicted octanol–water partition coefficient (Wildman–Crippen LogP) is 1.25. The third kappa shape index (κ3) is 4.94. The average Bonchev–Trinajstić information content (AvgIpc) is 2.98. The molecule has 1 N–H and O–H groups in total. The lowest BCUT2D eigenvalue weighted by Gasteiger charge is -2.19. The van der Waals surface area contributed by atoms with Crippen molar-refractivity contribution in [2.24, 2.45) is 11.8 Å². The molecule has 2 fully saturated rings. The Kier molecular flexibility index (Phi) is 7.21. The Hall–Kier alpha value is -2.50. The van der Waals surface area contributed by atoms with Gasteiger partial charge in [-0.15, -0.1) is 0 Å². The fourth-order valence-corrected chi connectivity index (χ4v) is 4.96. The highest BCUT2D eigenvalue weighted by Gasteiger charge is 2.48. The smallest absolute Gasteiger partial charge is 0.326 e. The van der Waals surface area contributed by atoms with E-state index in [1.807, 2.05) is 0 Å². The van der Waals surface area contributed by atoms with Crippen molar-refractivity contribution < 1.29 is 32.3 Å². The van der Waals surface area contributed by atoms with E-state index < -0.39 is 35.1 Å². The molecule has 2 aliphatic rings. The summed E-state index contributed by atoms with van der Waals surface area (Å²) in [6.45, 7) is -1.24. The summed E-state index contributed by atoms with van der Waals surface area (Å²) in [5.74, 6) is -3.14. The molecule has 0 radical (unpaired) electrons. The van der Waals surface area contributed by atoms with E-state index in [2.05, 4.69) is 5.32 Å². The maximum atomic E-state index is 12.4. The number of rotatable bonds is 7. The number of carbonyl (C=O) groups is 4. The first-order valence-electron chi connectivity index (χ1n) is 10.0. The summed E-state index contributed by atoms with van der Waals surface area (Å²) in [4.78, 5) is 50.0. The van der Waals surface area contributed by atoms with E-state index in [1.165, 1.54) is 32.3 Å². The first-order valence-corrected chi connectivity index (χ1v) is 11.9. The van der Waals surface area contributed by atoms with Gasteiger partial charge in [0.25, 0.3) is 5.91 Å². The van der Waals surface area contributed by atoms with Gasteiger partial charge < -0.3 is 10.1 Å². The molecule has 1 saturated carbocycles. The Morgan fingerprint density at radius 2 is 1.75 bits per heavy atom. The molecule has 1 aromatic carbocycles. The molecule has 0 bridgehead atoms. The molecule has 1 aliphatic heterocycles. The summed E-state index contributed by atoms with van der Waals surface area (Å²) in [5.41, 5.74) is 0.0321. The van der Waals surface area contributed by atoms with E-state index in [9.17, 15) is 27.6 Å². The number of ether oxygens (including phenoxy) is 1. The predicted molar refractivity (Wildman–Crippen MR) is 114 cm³/mol. The third-order valence-corrected chi connectivity index (χ3v) is 7.72. The number of imide groups is 1. The van der Waals surface area contributed by atoms with Crippen LogP contribution < -0.4 is 5.32 Å². The molecular weight excluding hydrogens is 462 g/mol. The van der Waals surface area contributed by atoms with Crippen LogP contribution in [0.5, 0.6) is 0 Å². The van der Waals surface area contributed by atoms with Gasteiger partial charge in [-0.1, -0.05) is 24.4 Å². The van der Waals surface area contributed by atoms with Crippen LogP contribution in [0.15, 0.2) is 23.1 Å². The highest BCUT2D eigenvalue weighted by molar-refractivity contribution is 7.89. The molecule has 0 unspecified atom stereocenters. The van der Waals surface area contributed by atoms with Crippen LogP contribution >= 0.6 is 11.6 Å². The molecule has 1 heterocycles. The van der Waals surface area contributed by atoms with E-state index in [0.717, 1.165) is 22.0 Å². The van der Waals surface area contributed by atoms with Gasteiger partial charge in [-0.25, -0.2) is 12.7 Å². The van der Waals surface area contributed by atoms with Crippen LogP contribution in [0, 0.1) is 11.8 Å². The number of carbonyl (C=O) groups excluding carboxylic acids is 4. The number of sulfonamides is 1. The number of hydrogen-bond acceptors (Lipinski definition) is 7. The van der Waals surface area contributed by atoms with Crippen LogP contribution in [-0.4, -0.2) is 68.6 Å². The summed E-state index contributed by atoms with van der Waals surface area (Å²) in [6.07, 6.45) is 3.01. The number of halogens is 1. The van der Waals surface area contributed by atoms with Crippen molar-refractivity contribution in [1.29, 1.82) is 0 Å². The number of likely N-dealkylation sites (tertiary alicyclic amines) is 1. The van der Waals surface area contributed by atoms with Gasteiger partial charge in [0.1, 0.15) is 6.54 Å². The molecule has 1 aromatic rings. The zero-order chi connectivity index (χ0) is 23.6. The van der Waals surface area contributed by atoms with Crippen LogP contribution in [0.4, 0.5) is 5.69 Å². The molecule has 3 amide bonds. The lowest BCUT2D eigenvalue weighted by molar-refractivity contribution is -0.154. The molecule has 0 spiro atoms. The first-order chi connectivity index (χ1) is 15.0. The van der Waals surface area contributed by atoms with E-state index in [1.54, 1.807) is 0 Å². The number of benzene rings is 1. The maximum absolute atomic E-state index is 12.4. The van der Waals surface area contributed by atoms with E-state index in [-0.39, 0.29) is 39.3 Å². The van der Waals surface area contributed by atoms with Gasteiger partial charge in [-0.05, 0) is 31.0 Å². The van der Waals surface area contributed by atoms with Crippen LogP contribution in [0.2, 0.25) is 5.02 Å². The van der Waals surface area contributed by atoms with Crippen molar-refractivity contribution in [1.82, 2.24) is 9.21 Å². The number of nitrogens with zero attached hydrogens (tertiary/aromatic N) is 2. The lowest BCUT2D eigenvalue weighted by atomic mass is 9.81. The van der Waals surface area contributed by atoms with Gasteiger partial charge in [0.15, 0.2) is 6.61 Å². The van der Waals surface area contributed by atoms with Gasteiger partial charge >= 0.3 is 5.97 Å². The second kappa shape index (κ2) is 9.55. The molecule has 1 aliphatic carbocycles. The average molecular weight is 486 g/mol. The Balaban J connectivity index is 1.57. The van der Waals surface area contributed by atoms with Gasteiger partial charge in [0, 0.05) is 14.1 Å². The van der Waals surface area contributed by atoms with Crippen molar-refractivity contribution in [2.75, 3.05) is 32.6 Å². The maximum Gasteiger partial charge on any atom is 0.326 e. The molecule has 2 atom stereocenters. The molecule has 1 saturated heterocycles. The summed E-state index contributed by atoms with van der Waals surface area (Å²) in [5, 5.41) is 2.49. The van der Waals surface area contributed by atoms with Crippen LogP contribution in [0.1, 0.15) is 25.7 Å². The molecule has 12 heteroatoms. The monoisotopic (exact) mass is 485 g/mol. The molecule has 10 nitrogen and oxygen atoms in total. The Bertz CT molecular complexity index is 1030. The summed E-state index contributed by atoms with van der Waals surface area (Å²) in [6, 6.07) is 3.82. The van der Waals surface area contributed by atoms with Crippen molar-refractivity contribution in [3.8, 4) is 0 Å². The molecule has 0 aromatic heterocycles. The van der Waals surface area contributed by atoms with E-state index in [4.69, 9.17) is 16.3 Å². The molecule has 32 heavy (non-hydrogen) atoms. The number of fused-ring (bicyclic) bond motifs is 1. The summed E-state index contributed by atoms with van der Waals surface area (Å²) >= 11 is 6.03. The largest absolute Gasteiger partial charge is 0.454 e.